The van der Waals surface area contributed by atoms with Crippen LogP contribution in [0.3, 0.4) is 0 Å². The number of rotatable bonds is 4. The minimum absolute atomic E-state index is 0.0397. The molecule has 2 aromatic rings. The third-order valence-corrected chi connectivity index (χ3v) is 4.62. The molecule has 0 spiro atoms. The van der Waals surface area contributed by atoms with Crippen LogP contribution in [0, 0.1) is 0 Å². The van der Waals surface area contributed by atoms with E-state index in [1.807, 2.05) is 35.2 Å². The Kier molecular flexibility index (Phi) is 4.76. The fraction of sp³-hybridized carbons (Fsp3) is 0.444. The molecule has 1 amide bonds. The first-order valence-electron chi connectivity index (χ1n) is 8.38. The Morgan fingerprint density at radius 2 is 1.91 bits per heavy atom. The zero-order valence-corrected chi connectivity index (χ0v) is 13.6. The number of nitrogens with zero attached hydrogens (tertiary/aromatic N) is 2. The van der Waals surface area contributed by atoms with Gasteiger partial charge >= 0.3 is 0 Å². The van der Waals surface area contributed by atoms with Gasteiger partial charge in [-0.2, -0.15) is 0 Å². The maximum Gasteiger partial charge on any atom is 0.258 e. The minimum atomic E-state index is -0.0910. The first-order chi connectivity index (χ1) is 11.2. The number of benzene rings is 1. The molecule has 1 N–H and O–H groups in total. The normalized spacial score (nSPS) is 16.0. The molecular weight excluding hydrogens is 290 g/mol. The van der Waals surface area contributed by atoms with Crippen molar-refractivity contribution in [2.45, 2.75) is 19.9 Å². The fourth-order valence-electron chi connectivity index (χ4n) is 3.28. The summed E-state index contributed by atoms with van der Waals surface area (Å²) in [5.41, 5.74) is -0.0910. The molecule has 0 aliphatic carbocycles. The van der Waals surface area contributed by atoms with E-state index in [9.17, 15) is 9.59 Å². The number of fused-ring (bicyclic) bond motifs is 1. The van der Waals surface area contributed by atoms with Crippen LogP contribution < -0.4 is 10.5 Å². The molecule has 0 unspecified atom stereocenters. The van der Waals surface area contributed by atoms with Crippen molar-refractivity contribution in [3.05, 3.63) is 46.9 Å². The summed E-state index contributed by atoms with van der Waals surface area (Å²) in [7, 11) is 0. The highest BCUT2D eigenvalue weighted by molar-refractivity contribution is 5.82. The number of quaternary nitrogens is 1. The average molecular weight is 314 g/mol. The molecule has 122 valence electrons. The van der Waals surface area contributed by atoms with Gasteiger partial charge in [0.15, 0.2) is 0 Å². The number of amides is 1. The molecule has 1 aromatic heterocycles. The van der Waals surface area contributed by atoms with Gasteiger partial charge in [0.25, 0.3) is 5.56 Å². The van der Waals surface area contributed by atoms with Crippen LogP contribution in [0.2, 0.25) is 0 Å². The van der Waals surface area contributed by atoms with Crippen LogP contribution in [0.25, 0.3) is 10.8 Å². The highest BCUT2D eigenvalue weighted by atomic mass is 16.2. The second kappa shape index (κ2) is 6.96. The van der Waals surface area contributed by atoms with Crippen molar-refractivity contribution < 1.29 is 9.69 Å². The van der Waals surface area contributed by atoms with E-state index >= 15 is 0 Å². The van der Waals surface area contributed by atoms with Crippen LogP contribution in [0.1, 0.15) is 13.3 Å². The van der Waals surface area contributed by atoms with Gasteiger partial charge in [-0.25, -0.2) is 0 Å². The summed E-state index contributed by atoms with van der Waals surface area (Å²) in [4.78, 5) is 28.4. The predicted molar refractivity (Wildman–Crippen MR) is 90.6 cm³/mol. The first kappa shape index (κ1) is 15.7. The molecule has 0 saturated carbocycles. The zero-order chi connectivity index (χ0) is 16.2. The van der Waals surface area contributed by atoms with E-state index in [0.29, 0.717) is 5.39 Å². The lowest BCUT2D eigenvalue weighted by Crippen LogP contribution is -3.14. The third kappa shape index (κ3) is 3.45. The Morgan fingerprint density at radius 1 is 1.17 bits per heavy atom. The van der Waals surface area contributed by atoms with Crippen molar-refractivity contribution in [3.8, 4) is 0 Å². The quantitative estimate of drug-likeness (QED) is 0.872. The molecule has 3 rings (SSSR count). The Hall–Kier alpha value is -2.14. The van der Waals surface area contributed by atoms with Gasteiger partial charge in [0.05, 0.1) is 32.7 Å². The fourth-order valence-corrected chi connectivity index (χ4v) is 3.28. The van der Waals surface area contributed by atoms with Crippen molar-refractivity contribution in [1.82, 2.24) is 9.47 Å². The number of aromatic nitrogens is 1. The van der Waals surface area contributed by atoms with Gasteiger partial charge in [0.2, 0.25) is 5.91 Å². The summed E-state index contributed by atoms with van der Waals surface area (Å²) in [6.07, 6.45) is 2.90. The van der Waals surface area contributed by atoms with Crippen molar-refractivity contribution >= 4 is 16.7 Å². The third-order valence-electron chi connectivity index (χ3n) is 4.62. The number of hydrogen-bond acceptors (Lipinski definition) is 2. The highest BCUT2D eigenvalue weighted by Crippen LogP contribution is 2.08. The van der Waals surface area contributed by atoms with Crippen molar-refractivity contribution in [2.24, 2.45) is 0 Å². The van der Waals surface area contributed by atoms with Gasteiger partial charge in [-0.15, -0.1) is 0 Å². The Labute approximate surface area is 136 Å². The lowest BCUT2D eigenvalue weighted by molar-refractivity contribution is -0.904. The number of pyridine rings is 1. The molecule has 5 heteroatoms. The SMILES string of the molecule is CCC[NH+]1CCN(C(=O)Cn2ccc3ccccc3c2=O)CC1. The smallest absolute Gasteiger partial charge is 0.258 e. The van der Waals surface area contributed by atoms with Crippen LogP contribution in [-0.2, 0) is 11.3 Å². The van der Waals surface area contributed by atoms with E-state index in [4.69, 9.17) is 0 Å². The summed E-state index contributed by atoms with van der Waals surface area (Å²) in [6.45, 7) is 7.08. The van der Waals surface area contributed by atoms with Gasteiger partial charge in [-0.1, -0.05) is 25.1 Å². The number of carbonyl (C=O) groups is 1. The standard InChI is InChI=1S/C18H23N3O2/c1-2-8-19-10-12-20(13-11-19)17(22)14-21-9-7-15-5-3-4-6-16(15)18(21)23/h3-7,9H,2,8,10-14H2,1H3/p+1. The van der Waals surface area contributed by atoms with E-state index in [1.165, 1.54) is 17.5 Å². The lowest BCUT2D eigenvalue weighted by atomic mass is 10.2. The monoisotopic (exact) mass is 314 g/mol. The van der Waals surface area contributed by atoms with Gasteiger partial charge in [-0.3, -0.25) is 9.59 Å². The molecule has 1 aliphatic rings. The molecule has 1 aromatic carbocycles. The van der Waals surface area contributed by atoms with Crippen LogP contribution in [0.15, 0.2) is 41.3 Å². The van der Waals surface area contributed by atoms with Gasteiger partial charge < -0.3 is 14.4 Å². The average Bonchev–Trinajstić information content (AvgIpc) is 2.58. The number of nitrogens with one attached hydrogen (secondary N) is 1. The van der Waals surface area contributed by atoms with Crippen LogP contribution >= 0.6 is 0 Å². The van der Waals surface area contributed by atoms with Gasteiger partial charge in [0, 0.05) is 11.6 Å². The summed E-state index contributed by atoms with van der Waals surface area (Å²) in [5.74, 6) is 0.0397. The zero-order valence-electron chi connectivity index (χ0n) is 13.6. The van der Waals surface area contributed by atoms with Crippen molar-refractivity contribution in [2.75, 3.05) is 32.7 Å². The summed E-state index contributed by atoms with van der Waals surface area (Å²) < 4.78 is 1.52. The maximum atomic E-state index is 12.5. The topological polar surface area (TPSA) is 46.8 Å². The van der Waals surface area contributed by atoms with Crippen LogP contribution in [0.4, 0.5) is 0 Å². The Morgan fingerprint density at radius 3 is 2.65 bits per heavy atom. The molecule has 0 bridgehead atoms. The number of carbonyl (C=O) groups excluding carboxylic acids is 1. The van der Waals surface area contributed by atoms with Crippen molar-refractivity contribution in [1.29, 1.82) is 0 Å². The molecule has 1 saturated heterocycles. The lowest BCUT2D eigenvalue weighted by Gasteiger charge is -2.32. The molecule has 2 heterocycles. The van der Waals surface area contributed by atoms with E-state index < -0.39 is 0 Å². The molecule has 23 heavy (non-hydrogen) atoms. The molecule has 0 radical (unpaired) electrons. The van der Waals surface area contributed by atoms with Gasteiger partial charge in [-0.05, 0) is 23.9 Å². The van der Waals surface area contributed by atoms with E-state index in [1.54, 1.807) is 11.1 Å². The summed E-state index contributed by atoms with van der Waals surface area (Å²) in [5, 5.41) is 1.58. The minimum Gasteiger partial charge on any atom is -0.332 e. The molecule has 5 nitrogen and oxygen atoms in total. The number of hydrogen-bond donors (Lipinski definition) is 1. The molecular formula is C18H24N3O2+. The molecule has 1 fully saturated rings. The van der Waals surface area contributed by atoms with E-state index in [0.717, 1.165) is 31.6 Å². The first-order valence-corrected chi connectivity index (χ1v) is 8.38. The van der Waals surface area contributed by atoms with E-state index in [-0.39, 0.29) is 18.0 Å². The second-order valence-corrected chi connectivity index (χ2v) is 6.22. The Bertz CT molecular complexity index is 745. The summed E-state index contributed by atoms with van der Waals surface area (Å²) >= 11 is 0. The molecule has 0 atom stereocenters. The predicted octanol–water partition coefficient (Wildman–Crippen LogP) is 0.139. The second-order valence-electron chi connectivity index (χ2n) is 6.22. The van der Waals surface area contributed by atoms with Crippen LogP contribution in [-0.4, -0.2) is 48.1 Å². The summed E-state index contributed by atoms with van der Waals surface area (Å²) in [6, 6.07) is 9.39. The molecule has 1 aliphatic heterocycles. The number of piperazine rings is 1. The maximum absolute atomic E-state index is 12.5. The van der Waals surface area contributed by atoms with E-state index in [2.05, 4.69) is 6.92 Å². The highest BCUT2D eigenvalue weighted by Gasteiger charge is 2.23. The van der Waals surface area contributed by atoms with Gasteiger partial charge in [0.1, 0.15) is 6.54 Å². The largest absolute Gasteiger partial charge is 0.332 e. The van der Waals surface area contributed by atoms with Crippen LogP contribution in [0.5, 0.6) is 0 Å². The van der Waals surface area contributed by atoms with Crippen molar-refractivity contribution in [3.63, 3.8) is 0 Å². The Balaban J connectivity index is 1.69.